The lowest BCUT2D eigenvalue weighted by Crippen LogP contribution is -2.22. The van der Waals surface area contributed by atoms with E-state index >= 15 is 0 Å². The lowest BCUT2D eigenvalue weighted by atomic mass is 10.3. The highest BCUT2D eigenvalue weighted by molar-refractivity contribution is 8.00. The van der Waals surface area contributed by atoms with Crippen LogP contribution in [0.5, 0.6) is 0 Å². The molecule has 1 atom stereocenters. The highest BCUT2D eigenvalue weighted by Gasteiger charge is 2.18. The van der Waals surface area contributed by atoms with Crippen LogP contribution < -0.4 is 5.32 Å². The summed E-state index contributed by atoms with van der Waals surface area (Å²) in [5.41, 5.74) is 0.542. The maximum absolute atomic E-state index is 12.3. The number of carbonyl (C=O) groups excluding carboxylic acids is 1. The number of nitrogens with one attached hydrogen (secondary N) is 1. The molecule has 7 heteroatoms. The summed E-state index contributed by atoms with van der Waals surface area (Å²) in [5.74, 6) is -0.195. The zero-order valence-corrected chi connectivity index (χ0v) is 15.2. The Morgan fingerprint density at radius 1 is 1.05 bits per heavy atom. The highest BCUT2D eigenvalue weighted by Crippen LogP contribution is 2.36. The molecule has 2 aromatic carbocycles. The van der Waals surface area contributed by atoms with Gasteiger partial charge in [-0.3, -0.25) is 4.79 Å². The maximum atomic E-state index is 12.3. The molecule has 116 valence electrons. The predicted molar refractivity (Wildman–Crippen MR) is 96.9 cm³/mol. The third-order valence-corrected chi connectivity index (χ3v) is 5.25. The summed E-state index contributed by atoms with van der Waals surface area (Å²) in [6, 6.07) is 10.1. The van der Waals surface area contributed by atoms with Crippen molar-refractivity contribution >= 4 is 69.8 Å². The minimum Gasteiger partial charge on any atom is -0.325 e. The van der Waals surface area contributed by atoms with Crippen LogP contribution in [0.15, 0.2) is 41.3 Å². The van der Waals surface area contributed by atoms with E-state index in [0.717, 1.165) is 0 Å². The topological polar surface area (TPSA) is 29.1 Å². The molecular formula is C15H11Cl4NOS. The van der Waals surface area contributed by atoms with E-state index in [2.05, 4.69) is 5.32 Å². The zero-order valence-electron chi connectivity index (χ0n) is 11.4. The molecule has 0 aliphatic rings. The van der Waals surface area contributed by atoms with Gasteiger partial charge in [-0.25, -0.2) is 0 Å². The molecule has 2 nitrogen and oxygen atoms in total. The van der Waals surface area contributed by atoms with Crippen molar-refractivity contribution in [3.8, 4) is 0 Å². The number of anilines is 1. The van der Waals surface area contributed by atoms with Crippen LogP contribution in [0.4, 0.5) is 5.69 Å². The van der Waals surface area contributed by atoms with Crippen LogP contribution >= 0.6 is 58.2 Å². The van der Waals surface area contributed by atoms with Crippen molar-refractivity contribution in [3.63, 3.8) is 0 Å². The van der Waals surface area contributed by atoms with Crippen molar-refractivity contribution < 1.29 is 4.79 Å². The van der Waals surface area contributed by atoms with Gasteiger partial charge in [0, 0.05) is 20.6 Å². The summed E-state index contributed by atoms with van der Waals surface area (Å²) < 4.78 is 0. The first-order chi connectivity index (χ1) is 10.4. The van der Waals surface area contributed by atoms with Gasteiger partial charge in [0.2, 0.25) is 5.91 Å². The number of halogens is 4. The van der Waals surface area contributed by atoms with Crippen molar-refractivity contribution in [1.82, 2.24) is 0 Å². The van der Waals surface area contributed by atoms with Crippen LogP contribution in [0, 0.1) is 0 Å². The number of rotatable bonds is 4. The van der Waals surface area contributed by atoms with Gasteiger partial charge >= 0.3 is 0 Å². The summed E-state index contributed by atoms with van der Waals surface area (Å²) in [6.07, 6.45) is 0. The van der Waals surface area contributed by atoms with E-state index in [9.17, 15) is 4.79 Å². The monoisotopic (exact) mass is 393 g/mol. The summed E-state index contributed by atoms with van der Waals surface area (Å²) in [4.78, 5) is 12.9. The first-order valence-corrected chi connectivity index (χ1v) is 8.63. The second kappa shape index (κ2) is 7.80. The van der Waals surface area contributed by atoms with Gasteiger partial charge in [-0.05, 0) is 37.3 Å². The normalized spacial score (nSPS) is 12.0. The number of carbonyl (C=O) groups is 1. The van der Waals surface area contributed by atoms with Crippen molar-refractivity contribution in [2.75, 3.05) is 5.32 Å². The summed E-state index contributed by atoms with van der Waals surface area (Å²) in [5, 5.41) is 4.32. The molecule has 1 amide bonds. The first kappa shape index (κ1) is 17.8. The smallest absolute Gasteiger partial charge is 0.237 e. The number of hydrogen-bond donors (Lipinski definition) is 1. The number of benzene rings is 2. The molecule has 1 N–H and O–H groups in total. The van der Waals surface area contributed by atoms with E-state index in [1.54, 1.807) is 43.3 Å². The predicted octanol–water partition coefficient (Wildman–Crippen LogP) is 6.42. The van der Waals surface area contributed by atoms with Gasteiger partial charge in [0.25, 0.3) is 0 Å². The standard InChI is InChI=1S/C15H11Cl4NOS/c1-8(22-14-12(18)3-2-4-13(14)19)15(21)20-11-6-9(16)5-10(17)7-11/h2-8H,1H3,(H,20,21)/t8-/m0/s1. The summed E-state index contributed by atoms with van der Waals surface area (Å²) in [6.45, 7) is 1.77. The Labute approximate surface area is 153 Å². The number of amides is 1. The molecule has 0 aromatic heterocycles. The Balaban J connectivity index is 2.09. The third kappa shape index (κ3) is 4.71. The van der Waals surface area contributed by atoms with Gasteiger partial charge in [0.1, 0.15) is 0 Å². The molecule has 2 rings (SSSR count). The molecule has 0 bridgehead atoms. The van der Waals surface area contributed by atoms with Gasteiger partial charge < -0.3 is 5.32 Å². The second-order valence-electron chi connectivity index (χ2n) is 4.46. The van der Waals surface area contributed by atoms with Crippen molar-refractivity contribution in [3.05, 3.63) is 56.5 Å². The van der Waals surface area contributed by atoms with Crippen LogP contribution in [0.1, 0.15) is 6.92 Å². The largest absolute Gasteiger partial charge is 0.325 e. The van der Waals surface area contributed by atoms with Crippen LogP contribution in [0.25, 0.3) is 0 Å². The van der Waals surface area contributed by atoms with Crippen molar-refractivity contribution in [2.24, 2.45) is 0 Å². The highest BCUT2D eigenvalue weighted by atomic mass is 35.5. The van der Waals surface area contributed by atoms with Gasteiger partial charge in [-0.1, -0.05) is 52.5 Å². The molecule has 0 radical (unpaired) electrons. The van der Waals surface area contributed by atoms with Crippen LogP contribution in [0.3, 0.4) is 0 Å². The van der Waals surface area contributed by atoms with Crippen LogP contribution in [-0.4, -0.2) is 11.2 Å². The average molecular weight is 395 g/mol. The van der Waals surface area contributed by atoms with Crippen LogP contribution in [0.2, 0.25) is 20.1 Å². The van der Waals surface area contributed by atoms with Gasteiger partial charge in [-0.15, -0.1) is 11.8 Å². The second-order valence-corrected chi connectivity index (χ2v) is 7.50. The maximum Gasteiger partial charge on any atom is 0.237 e. The SMILES string of the molecule is C[C@H](Sc1c(Cl)cccc1Cl)C(=O)Nc1cc(Cl)cc(Cl)c1. The first-order valence-electron chi connectivity index (χ1n) is 6.24. The minimum atomic E-state index is -0.393. The molecule has 0 aliphatic carbocycles. The fourth-order valence-corrected chi connectivity index (χ4v) is 3.77. The van der Waals surface area contributed by atoms with Crippen molar-refractivity contribution in [1.29, 1.82) is 0 Å². The van der Waals surface area contributed by atoms with E-state index in [4.69, 9.17) is 46.4 Å². The lowest BCUT2D eigenvalue weighted by molar-refractivity contribution is -0.115. The van der Waals surface area contributed by atoms with Gasteiger partial charge in [0.15, 0.2) is 0 Å². The Hall–Kier alpha value is -0.580. The Morgan fingerprint density at radius 2 is 1.59 bits per heavy atom. The van der Waals surface area contributed by atoms with Gasteiger partial charge in [0.05, 0.1) is 15.3 Å². The van der Waals surface area contributed by atoms with Gasteiger partial charge in [-0.2, -0.15) is 0 Å². The molecule has 0 saturated heterocycles. The fraction of sp³-hybridized carbons (Fsp3) is 0.133. The Kier molecular flexibility index (Phi) is 6.30. The fourth-order valence-electron chi connectivity index (χ4n) is 1.70. The molecule has 0 saturated carbocycles. The zero-order chi connectivity index (χ0) is 16.3. The van der Waals surface area contributed by atoms with Crippen molar-refractivity contribution in [2.45, 2.75) is 17.1 Å². The molecule has 2 aromatic rings. The number of hydrogen-bond acceptors (Lipinski definition) is 2. The summed E-state index contributed by atoms with van der Waals surface area (Å²) >= 11 is 25.3. The van der Waals surface area contributed by atoms with E-state index in [0.29, 0.717) is 30.7 Å². The van der Waals surface area contributed by atoms with E-state index in [1.165, 1.54) is 11.8 Å². The van der Waals surface area contributed by atoms with E-state index in [-0.39, 0.29) is 5.91 Å². The molecular weight excluding hydrogens is 384 g/mol. The van der Waals surface area contributed by atoms with E-state index in [1.807, 2.05) is 0 Å². The summed E-state index contributed by atoms with van der Waals surface area (Å²) in [7, 11) is 0. The minimum absolute atomic E-state index is 0.195. The van der Waals surface area contributed by atoms with Crippen LogP contribution in [-0.2, 0) is 4.79 Å². The third-order valence-electron chi connectivity index (χ3n) is 2.71. The molecule has 0 fully saturated rings. The quantitative estimate of drug-likeness (QED) is 0.606. The molecule has 22 heavy (non-hydrogen) atoms. The molecule has 0 aliphatic heterocycles. The molecule has 0 spiro atoms. The lowest BCUT2D eigenvalue weighted by Gasteiger charge is -2.14. The Bertz CT molecular complexity index is 667. The molecule has 0 unspecified atom stereocenters. The Morgan fingerprint density at radius 3 is 2.14 bits per heavy atom. The molecule has 0 heterocycles. The number of thioether (sulfide) groups is 1. The average Bonchev–Trinajstić information content (AvgIpc) is 2.41. The van der Waals surface area contributed by atoms with E-state index < -0.39 is 5.25 Å².